The molecule has 4 atom stereocenters. The van der Waals surface area contributed by atoms with Gasteiger partial charge in [0.05, 0.1) is 26.7 Å². The second-order valence-corrected chi connectivity index (χ2v) is 5.26. The van der Waals surface area contributed by atoms with Crippen LogP contribution in [0.25, 0.3) is 0 Å². The number of hydrogen-bond donors (Lipinski definition) is 0. The summed E-state index contributed by atoms with van der Waals surface area (Å²) in [4.78, 5) is 47.1. The molecule has 0 aromatic heterocycles. The van der Waals surface area contributed by atoms with Crippen molar-refractivity contribution in [3.8, 4) is 0 Å². The molecule has 1 heterocycles. The van der Waals surface area contributed by atoms with Gasteiger partial charge in [-0.1, -0.05) is 0 Å². The van der Waals surface area contributed by atoms with Crippen molar-refractivity contribution in [3.63, 3.8) is 0 Å². The first-order chi connectivity index (χ1) is 11.8. The fraction of sp³-hybridized carbons (Fsp3) is 0.733. The molecule has 0 aromatic rings. The molecule has 142 valence electrons. The third-order valence-electron chi connectivity index (χ3n) is 3.63. The number of methoxy groups -OCH3 is 3. The normalized spacial score (nSPS) is 25.8. The first kappa shape index (κ1) is 20.8. The van der Waals surface area contributed by atoms with E-state index in [0.29, 0.717) is 0 Å². The van der Waals surface area contributed by atoms with Crippen molar-refractivity contribution in [1.29, 1.82) is 0 Å². The molecular weight excluding hydrogens is 340 g/mol. The van der Waals surface area contributed by atoms with Gasteiger partial charge in [-0.05, 0) is 0 Å². The molecule has 0 N–H and O–H groups in total. The Morgan fingerprint density at radius 2 is 1.44 bits per heavy atom. The van der Waals surface area contributed by atoms with Gasteiger partial charge in [0.25, 0.3) is 0 Å². The van der Waals surface area contributed by atoms with Crippen molar-refractivity contribution >= 4 is 23.9 Å². The van der Waals surface area contributed by atoms with Gasteiger partial charge in [0.15, 0.2) is 18.3 Å². The molecule has 0 aliphatic carbocycles. The second-order valence-electron chi connectivity index (χ2n) is 5.26. The highest BCUT2D eigenvalue weighted by Gasteiger charge is 2.54. The molecule has 0 spiro atoms. The van der Waals surface area contributed by atoms with E-state index in [1.165, 1.54) is 14.0 Å². The van der Waals surface area contributed by atoms with E-state index in [-0.39, 0.29) is 6.61 Å². The standard InChI is InChI=1S/C15H22O10/c1-7(16)24-9-6-23-15(22-5)10(12(9)25-8(2)17)11(13(18)20-3)14(19)21-4/h9-12,15H,6H2,1-5H3/t9-,10+,12+,15+/m1/s1. The lowest BCUT2D eigenvalue weighted by atomic mass is 9.82. The van der Waals surface area contributed by atoms with Gasteiger partial charge in [-0.2, -0.15) is 0 Å². The highest BCUT2D eigenvalue weighted by atomic mass is 16.7. The summed E-state index contributed by atoms with van der Waals surface area (Å²) in [6, 6.07) is 0. The van der Waals surface area contributed by atoms with Gasteiger partial charge in [0, 0.05) is 21.0 Å². The van der Waals surface area contributed by atoms with Crippen LogP contribution in [-0.2, 0) is 47.6 Å². The molecule has 0 unspecified atom stereocenters. The average molecular weight is 362 g/mol. The minimum atomic E-state index is -1.51. The Labute approximate surface area is 144 Å². The van der Waals surface area contributed by atoms with Gasteiger partial charge >= 0.3 is 23.9 Å². The fourth-order valence-corrected chi connectivity index (χ4v) is 2.70. The second kappa shape index (κ2) is 9.33. The third kappa shape index (κ3) is 5.13. The molecule has 25 heavy (non-hydrogen) atoms. The molecule has 0 saturated carbocycles. The van der Waals surface area contributed by atoms with Crippen LogP contribution in [0, 0.1) is 11.8 Å². The summed E-state index contributed by atoms with van der Waals surface area (Å²) in [7, 11) is 3.47. The highest BCUT2D eigenvalue weighted by molar-refractivity contribution is 5.95. The molecule has 10 nitrogen and oxygen atoms in total. The van der Waals surface area contributed by atoms with Gasteiger partial charge in [-0.15, -0.1) is 0 Å². The van der Waals surface area contributed by atoms with Crippen LogP contribution >= 0.6 is 0 Å². The van der Waals surface area contributed by atoms with Crippen molar-refractivity contribution in [1.82, 2.24) is 0 Å². The van der Waals surface area contributed by atoms with Crippen molar-refractivity contribution in [3.05, 3.63) is 0 Å². The Morgan fingerprint density at radius 3 is 1.84 bits per heavy atom. The van der Waals surface area contributed by atoms with Crippen molar-refractivity contribution in [2.24, 2.45) is 11.8 Å². The molecule has 10 heteroatoms. The molecule has 1 fully saturated rings. The van der Waals surface area contributed by atoms with Gasteiger partial charge in [-0.3, -0.25) is 19.2 Å². The minimum absolute atomic E-state index is 0.151. The van der Waals surface area contributed by atoms with Crippen molar-refractivity contribution in [2.75, 3.05) is 27.9 Å². The molecule has 1 aliphatic rings. The molecule has 0 aromatic carbocycles. The average Bonchev–Trinajstić information content (AvgIpc) is 2.56. The van der Waals surface area contributed by atoms with Crippen LogP contribution in [0.2, 0.25) is 0 Å². The summed E-state index contributed by atoms with van der Waals surface area (Å²) in [6.07, 6.45) is -3.31. The summed E-state index contributed by atoms with van der Waals surface area (Å²) < 4.78 is 30.2. The maximum absolute atomic E-state index is 12.2. The Bertz CT molecular complexity index is 500. The molecule has 1 rings (SSSR count). The molecule has 0 amide bonds. The smallest absolute Gasteiger partial charge is 0.320 e. The third-order valence-corrected chi connectivity index (χ3v) is 3.63. The van der Waals surface area contributed by atoms with E-state index in [2.05, 4.69) is 9.47 Å². The van der Waals surface area contributed by atoms with Gasteiger partial charge < -0.3 is 28.4 Å². The van der Waals surface area contributed by atoms with E-state index < -0.39 is 54.2 Å². The van der Waals surface area contributed by atoms with Crippen LogP contribution in [0.3, 0.4) is 0 Å². The van der Waals surface area contributed by atoms with Crippen LogP contribution in [0.4, 0.5) is 0 Å². The van der Waals surface area contributed by atoms with Crippen molar-refractivity contribution in [2.45, 2.75) is 32.3 Å². The van der Waals surface area contributed by atoms with Gasteiger partial charge in [0.2, 0.25) is 0 Å². The Kier molecular flexibility index (Phi) is 7.78. The summed E-state index contributed by atoms with van der Waals surface area (Å²) in [5.41, 5.74) is 0. The lowest BCUT2D eigenvalue weighted by Gasteiger charge is -2.42. The zero-order chi connectivity index (χ0) is 19.1. The Hall–Kier alpha value is -2.20. The number of rotatable bonds is 6. The number of esters is 4. The molecule has 1 aliphatic heterocycles. The number of ether oxygens (including phenoxy) is 6. The van der Waals surface area contributed by atoms with Crippen molar-refractivity contribution < 1.29 is 47.6 Å². The maximum Gasteiger partial charge on any atom is 0.320 e. The predicted molar refractivity (Wildman–Crippen MR) is 78.9 cm³/mol. The topological polar surface area (TPSA) is 124 Å². The van der Waals surface area contributed by atoms with E-state index in [1.54, 1.807) is 0 Å². The lowest BCUT2D eigenvalue weighted by molar-refractivity contribution is -0.262. The summed E-state index contributed by atoms with van der Waals surface area (Å²) in [5.74, 6) is -5.86. The number of carbonyl (C=O) groups is 4. The molecule has 0 radical (unpaired) electrons. The van der Waals surface area contributed by atoms with Crippen LogP contribution < -0.4 is 0 Å². The van der Waals surface area contributed by atoms with E-state index in [1.807, 2.05) is 0 Å². The van der Waals surface area contributed by atoms with Crippen LogP contribution in [0.15, 0.2) is 0 Å². The van der Waals surface area contributed by atoms with Crippen LogP contribution in [0.5, 0.6) is 0 Å². The number of hydrogen-bond acceptors (Lipinski definition) is 10. The number of carbonyl (C=O) groups excluding carboxylic acids is 4. The largest absolute Gasteiger partial charge is 0.468 e. The van der Waals surface area contributed by atoms with Gasteiger partial charge in [-0.25, -0.2) is 0 Å². The van der Waals surface area contributed by atoms with E-state index in [0.717, 1.165) is 21.1 Å². The van der Waals surface area contributed by atoms with E-state index >= 15 is 0 Å². The molecule has 1 saturated heterocycles. The quantitative estimate of drug-likeness (QED) is 0.345. The monoisotopic (exact) mass is 362 g/mol. The van der Waals surface area contributed by atoms with E-state index in [9.17, 15) is 19.2 Å². The zero-order valence-corrected chi connectivity index (χ0v) is 14.7. The lowest BCUT2D eigenvalue weighted by Crippen LogP contribution is -2.58. The summed E-state index contributed by atoms with van der Waals surface area (Å²) >= 11 is 0. The zero-order valence-electron chi connectivity index (χ0n) is 14.7. The molecular formula is C15H22O10. The SMILES string of the molecule is COC(=O)C(C(=O)OC)[C@@H]1[C@@H](OC)OC[C@@H](OC(C)=O)[C@@H]1OC(C)=O. The first-order valence-electron chi connectivity index (χ1n) is 7.41. The molecule has 0 bridgehead atoms. The fourth-order valence-electron chi connectivity index (χ4n) is 2.70. The maximum atomic E-state index is 12.2. The van der Waals surface area contributed by atoms with Crippen LogP contribution in [-0.4, -0.2) is 70.3 Å². The predicted octanol–water partition coefficient (Wildman–Crippen LogP) is -0.569. The summed E-state index contributed by atoms with van der Waals surface area (Å²) in [5, 5.41) is 0. The first-order valence-corrected chi connectivity index (χ1v) is 7.41. The Balaban J connectivity index is 3.34. The van der Waals surface area contributed by atoms with Crippen LogP contribution in [0.1, 0.15) is 13.8 Å². The highest BCUT2D eigenvalue weighted by Crippen LogP contribution is 2.34. The Morgan fingerprint density at radius 1 is 0.920 bits per heavy atom. The van der Waals surface area contributed by atoms with Gasteiger partial charge in [0.1, 0.15) is 6.10 Å². The minimum Gasteiger partial charge on any atom is -0.468 e. The van der Waals surface area contributed by atoms with E-state index in [4.69, 9.17) is 18.9 Å². The summed E-state index contributed by atoms with van der Waals surface area (Å²) in [6.45, 7) is 2.16.